The van der Waals surface area contributed by atoms with Gasteiger partial charge in [0, 0.05) is 49.4 Å². The first-order chi connectivity index (χ1) is 12.9. The van der Waals surface area contributed by atoms with Crippen molar-refractivity contribution in [1.29, 1.82) is 0 Å². The number of nitrogens with one attached hydrogen (secondary N) is 2. The van der Waals surface area contributed by atoms with Gasteiger partial charge in [-0.15, -0.1) is 11.8 Å². The van der Waals surface area contributed by atoms with Crippen molar-refractivity contribution in [3.8, 4) is 0 Å². The largest absolute Gasteiger partial charge is 0.370 e. The van der Waals surface area contributed by atoms with Crippen LogP contribution in [0, 0.1) is 5.92 Å². The van der Waals surface area contributed by atoms with Crippen molar-refractivity contribution in [2.24, 2.45) is 5.92 Å². The van der Waals surface area contributed by atoms with Gasteiger partial charge in [0.15, 0.2) is 0 Å². The van der Waals surface area contributed by atoms with E-state index in [4.69, 9.17) is 4.98 Å². The van der Waals surface area contributed by atoms with Gasteiger partial charge in [0.05, 0.1) is 5.69 Å². The summed E-state index contributed by atoms with van der Waals surface area (Å²) >= 11 is 1.85. The van der Waals surface area contributed by atoms with Crippen LogP contribution in [0.3, 0.4) is 0 Å². The molecule has 0 amide bonds. The molecular weight excluding hydrogens is 344 g/mol. The summed E-state index contributed by atoms with van der Waals surface area (Å²) in [5.41, 5.74) is 1.00. The summed E-state index contributed by atoms with van der Waals surface area (Å²) in [6.45, 7) is 3.93. The lowest BCUT2D eigenvalue weighted by Gasteiger charge is -2.32. The fraction of sp³-hybridized carbons (Fsp3) is 0.421. The summed E-state index contributed by atoms with van der Waals surface area (Å²) in [5.74, 6) is 3.47. The monoisotopic (exact) mass is 368 g/mol. The average molecular weight is 369 g/mol. The van der Waals surface area contributed by atoms with Gasteiger partial charge < -0.3 is 15.5 Å². The lowest BCUT2D eigenvalue weighted by molar-refractivity contribution is 0.419. The lowest BCUT2D eigenvalue weighted by Crippen LogP contribution is -2.37. The van der Waals surface area contributed by atoms with Crippen molar-refractivity contribution in [3.63, 3.8) is 0 Å². The van der Waals surface area contributed by atoms with Crippen LogP contribution in [0.5, 0.6) is 0 Å². The van der Waals surface area contributed by atoms with Gasteiger partial charge in [-0.25, -0.2) is 15.0 Å². The molecule has 0 spiro atoms. The van der Waals surface area contributed by atoms with Crippen LogP contribution in [0.4, 0.5) is 11.8 Å². The quantitative estimate of drug-likeness (QED) is 0.841. The van der Waals surface area contributed by atoms with Crippen LogP contribution >= 0.6 is 11.8 Å². The predicted octanol–water partition coefficient (Wildman–Crippen LogP) is 2.83. The minimum Gasteiger partial charge on any atom is -0.370 e. The highest BCUT2D eigenvalue weighted by Gasteiger charge is 2.21. The number of hydrogen-bond acceptors (Lipinski definition) is 7. The van der Waals surface area contributed by atoms with Crippen molar-refractivity contribution in [2.75, 3.05) is 42.3 Å². The SMILES string of the molecule is C(=C1\CNCS1)/c1ccnc(N2CCC(CNc3ccccn3)CC2)n1. The van der Waals surface area contributed by atoms with E-state index < -0.39 is 0 Å². The van der Waals surface area contributed by atoms with Crippen molar-refractivity contribution in [3.05, 3.63) is 47.3 Å². The van der Waals surface area contributed by atoms with E-state index in [1.165, 1.54) is 4.91 Å². The van der Waals surface area contributed by atoms with E-state index in [0.29, 0.717) is 5.92 Å². The van der Waals surface area contributed by atoms with Gasteiger partial charge in [0.25, 0.3) is 0 Å². The van der Waals surface area contributed by atoms with E-state index in [-0.39, 0.29) is 0 Å². The number of hydrogen-bond donors (Lipinski definition) is 2. The van der Waals surface area contributed by atoms with E-state index in [0.717, 1.165) is 62.4 Å². The summed E-state index contributed by atoms with van der Waals surface area (Å²) in [4.78, 5) is 17.2. The first-order valence-corrected chi connectivity index (χ1v) is 10.1. The van der Waals surface area contributed by atoms with Crippen molar-refractivity contribution >= 4 is 29.6 Å². The first kappa shape index (κ1) is 17.3. The molecule has 6 nitrogen and oxygen atoms in total. The summed E-state index contributed by atoms with van der Waals surface area (Å²) in [7, 11) is 0. The highest BCUT2D eigenvalue weighted by molar-refractivity contribution is 8.03. The highest BCUT2D eigenvalue weighted by atomic mass is 32.2. The third kappa shape index (κ3) is 4.53. The molecule has 2 N–H and O–H groups in total. The molecule has 2 saturated heterocycles. The molecule has 0 radical (unpaired) electrons. The molecule has 0 aromatic carbocycles. The molecule has 0 aliphatic carbocycles. The molecule has 2 aliphatic heterocycles. The van der Waals surface area contributed by atoms with Crippen LogP contribution in [0.2, 0.25) is 0 Å². The lowest BCUT2D eigenvalue weighted by atomic mass is 9.97. The number of aromatic nitrogens is 3. The summed E-state index contributed by atoms with van der Waals surface area (Å²) in [6.07, 6.45) is 8.16. The number of thioether (sulfide) groups is 1. The predicted molar refractivity (Wildman–Crippen MR) is 108 cm³/mol. The average Bonchev–Trinajstić information content (AvgIpc) is 3.21. The van der Waals surface area contributed by atoms with Crippen LogP contribution in [0.25, 0.3) is 6.08 Å². The molecule has 0 bridgehead atoms. The number of anilines is 2. The second-order valence-corrected chi connectivity index (χ2v) is 7.74. The van der Waals surface area contributed by atoms with E-state index in [1.54, 1.807) is 0 Å². The summed E-state index contributed by atoms with van der Waals surface area (Å²) in [6, 6.07) is 7.95. The third-order valence-corrected chi connectivity index (χ3v) is 5.75. The maximum absolute atomic E-state index is 4.75. The Kier molecular flexibility index (Phi) is 5.66. The minimum absolute atomic E-state index is 0.666. The molecule has 0 unspecified atom stereocenters. The highest BCUT2D eigenvalue weighted by Crippen LogP contribution is 2.24. The van der Waals surface area contributed by atoms with Crippen LogP contribution in [-0.2, 0) is 0 Å². The Bertz CT molecular complexity index is 735. The maximum atomic E-state index is 4.75. The molecule has 2 aromatic rings. The zero-order valence-corrected chi connectivity index (χ0v) is 15.6. The Balaban J connectivity index is 1.31. The molecule has 0 saturated carbocycles. The second kappa shape index (κ2) is 8.51. The van der Waals surface area contributed by atoms with Gasteiger partial charge in [-0.1, -0.05) is 6.07 Å². The second-order valence-electron chi connectivity index (χ2n) is 6.63. The topological polar surface area (TPSA) is 66.0 Å². The fourth-order valence-electron chi connectivity index (χ4n) is 3.27. The normalized spacial score (nSPS) is 19.8. The van der Waals surface area contributed by atoms with Crippen molar-refractivity contribution in [2.45, 2.75) is 12.8 Å². The van der Waals surface area contributed by atoms with Crippen LogP contribution in [0.15, 0.2) is 41.6 Å². The third-order valence-electron chi connectivity index (χ3n) is 4.77. The first-order valence-electron chi connectivity index (χ1n) is 9.14. The molecular formula is C19H24N6S. The van der Waals surface area contributed by atoms with E-state index in [2.05, 4.69) is 31.6 Å². The van der Waals surface area contributed by atoms with Crippen molar-refractivity contribution < 1.29 is 0 Å². The Morgan fingerprint density at radius 1 is 1.19 bits per heavy atom. The Hall–Kier alpha value is -2.12. The number of rotatable bonds is 5. The van der Waals surface area contributed by atoms with Gasteiger partial charge in [-0.05, 0) is 43.0 Å². The van der Waals surface area contributed by atoms with Crippen LogP contribution in [0.1, 0.15) is 18.5 Å². The van der Waals surface area contributed by atoms with Crippen molar-refractivity contribution in [1.82, 2.24) is 20.3 Å². The summed E-state index contributed by atoms with van der Waals surface area (Å²) < 4.78 is 0. The summed E-state index contributed by atoms with van der Waals surface area (Å²) in [5, 5.41) is 6.77. The molecule has 4 rings (SSSR count). The number of pyridine rings is 1. The fourth-order valence-corrected chi connectivity index (χ4v) is 4.07. The number of nitrogens with zero attached hydrogens (tertiary/aromatic N) is 4. The standard InChI is InChI=1S/C19H24N6S/c1-2-7-21-18(3-1)23-12-15-5-9-25(10-6-15)19-22-8-4-16(24-19)11-17-13-20-14-26-17/h1-4,7-8,11,15,20H,5-6,9-10,12-14H2,(H,21,23)/b17-11-. The van der Waals surface area contributed by atoms with Gasteiger partial charge in [-0.2, -0.15) is 0 Å². The zero-order chi connectivity index (χ0) is 17.6. The molecule has 2 fully saturated rings. The Morgan fingerprint density at radius 3 is 2.88 bits per heavy atom. The van der Waals surface area contributed by atoms with E-state index >= 15 is 0 Å². The molecule has 2 aromatic heterocycles. The Labute approximate surface area is 158 Å². The van der Waals surface area contributed by atoms with E-state index in [9.17, 15) is 0 Å². The van der Waals surface area contributed by atoms with Gasteiger partial charge in [-0.3, -0.25) is 0 Å². The molecule has 136 valence electrons. The molecule has 7 heteroatoms. The van der Waals surface area contributed by atoms with E-state index in [1.807, 2.05) is 48.4 Å². The van der Waals surface area contributed by atoms with Crippen LogP contribution in [-0.4, -0.2) is 47.0 Å². The van der Waals surface area contributed by atoms with Gasteiger partial charge in [0.1, 0.15) is 5.82 Å². The Morgan fingerprint density at radius 2 is 2.12 bits per heavy atom. The van der Waals surface area contributed by atoms with Crippen LogP contribution < -0.4 is 15.5 Å². The maximum Gasteiger partial charge on any atom is 0.225 e. The molecule has 2 aliphatic rings. The number of piperidine rings is 1. The molecule has 26 heavy (non-hydrogen) atoms. The zero-order valence-electron chi connectivity index (χ0n) is 14.8. The molecule has 0 atom stereocenters. The molecule has 4 heterocycles. The van der Waals surface area contributed by atoms with Gasteiger partial charge in [0.2, 0.25) is 5.95 Å². The smallest absolute Gasteiger partial charge is 0.225 e. The van der Waals surface area contributed by atoms with Gasteiger partial charge >= 0.3 is 0 Å². The minimum atomic E-state index is 0.666.